The van der Waals surface area contributed by atoms with Gasteiger partial charge in [-0.3, -0.25) is 9.59 Å². The number of methoxy groups -OCH3 is 1. The number of aromatic nitrogens is 2. The van der Waals surface area contributed by atoms with Gasteiger partial charge < -0.3 is 19.4 Å². The van der Waals surface area contributed by atoms with Crippen molar-refractivity contribution in [2.45, 2.75) is 25.3 Å². The summed E-state index contributed by atoms with van der Waals surface area (Å²) in [6.07, 6.45) is 2.19. The number of hydrogen-bond donors (Lipinski definition) is 0. The first-order valence-corrected chi connectivity index (χ1v) is 13.4. The number of hydrogen-bond acceptors (Lipinski definition) is 6. The van der Waals surface area contributed by atoms with E-state index in [1.165, 1.54) is 13.2 Å². The van der Waals surface area contributed by atoms with Gasteiger partial charge in [0.1, 0.15) is 11.6 Å². The predicted octanol–water partition coefficient (Wildman–Crippen LogP) is 4.32. The molecule has 5 rings (SSSR count). The molecule has 2 aliphatic heterocycles. The molecule has 2 amide bonds. The maximum absolute atomic E-state index is 15.3. The van der Waals surface area contributed by atoms with Crippen molar-refractivity contribution in [2.24, 2.45) is 5.92 Å². The van der Waals surface area contributed by atoms with Gasteiger partial charge in [0, 0.05) is 62.9 Å². The number of amides is 2. The maximum atomic E-state index is 15.3. The zero-order chi connectivity index (χ0) is 27.5. The Bertz CT molecular complexity index is 1330. The number of nitrogens with zero attached hydrogens (tertiary/aromatic N) is 5. The van der Waals surface area contributed by atoms with Crippen LogP contribution >= 0.6 is 11.6 Å². The first kappa shape index (κ1) is 26.9. The number of carbonyl (C=O) groups is 2. The summed E-state index contributed by atoms with van der Waals surface area (Å²) in [5.41, 5.74) is 1.46. The van der Waals surface area contributed by atoms with Gasteiger partial charge in [0.2, 0.25) is 11.8 Å². The Morgan fingerprint density at radius 3 is 2.51 bits per heavy atom. The van der Waals surface area contributed by atoms with Gasteiger partial charge in [-0.15, -0.1) is 5.10 Å². The second kappa shape index (κ2) is 11.6. The fourth-order valence-corrected chi connectivity index (χ4v) is 5.87. The van der Waals surface area contributed by atoms with E-state index in [0.717, 1.165) is 5.56 Å². The molecule has 3 heterocycles. The lowest BCUT2D eigenvalue weighted by atomic mass is 9.87. The van der Waals surface area contributed by atoms with Gasteiger partial charge in [-0.2, -0.15) is 5.10 Å². The molecule has 10 heteroatoms. The lowest BCUT2D eigenvalue weighted by molar-refractivity contribution is -0.136. The highest BCUT2D eigenvalue weighted by molar-refractivity contribution is 6.30. The van der Waals surface area contributed by atoms with Gasteiger partial charge in [0.15, 0.2) is 5.82 Å². The summed E-state index contributed by atoms with van der Waals surface area (Å²) in [6, 6.07) is 15.7. The molecule has 0 saturated carbocycles. The molecule has 2 saturated heterocycles. The van der Waals surface area contributed by atoms with Crippen LogP contribution in [0, 0.1) is 11.7 Å². The SMILES string of the molecule is COc1ccc([C@@H]2CN(c3cccnn3)C[C@H]2C(=O)N2CCC(c3ccc(Cl)cc3)N(C(C)=O)CC2)c(F)c1. The van der Waals surface area contributed by atoms with E-state index in [4.69, 9.17) is 16.3 Å². The van der Waals surface area contributed by atoms with Gasteiger partial charge in [0.05, 0.1) is 19.1 Å². The molecule has 3 atom stereocenters. The van der Waals surface area contributed by atoms with Gasteiger partial charge in [-0.05, 0) is 47.9 Å². The summed E-state index contributed by atoms with van der Waals surface area (Å²) in [6.45, 7) is 3.67. The number of carbonyl (C=O) groups excluding carboxylic acids is 2. The van der Waals surface area contributed by atoms with Crippen LogP contribution in [0.25, 0.3) is 0 Å². The number of anilines is 1. The first-order valence-electron chi connectivity index (χ1n) is 13.0. The maximum Gasteiger partial charge on any atom is 0.228 e. The van der Waals surface area contributed by atoms with Gasteiger partial charge in [0.25, 0.3) is 0 Å². The summed E-state index contributed by atoms with van der Waals surface area (Å²) in [7, 11) is 1.49. The van der Waals surface area contributed by atoms with Crippen LogP contribution in [-0.4, -0.2) is 71.6 Å². The minimum Gasteiger partial charge on any atom is -0.497 e. The normalized spacial score (nSPS) is 21.5. The molecule has 204 valence electrons. The van der Waals surface area contributed by atoms with Crippen molar-refractivity contribution < 1.29 is 18.7 Å². The summed E-state index contributed by atoms with van der Waals surface area (Å²) < 4.78 is 20.5. The monoisotopic (exact) mass is 551 g/mol. The molecule has 3 aromatic rings. The number of rotatable bonds is 5. The van der Waals surface area contributed by atoms with E-state index in [1.54, 1.807) is 31.3 Å². The van der Waals surface area contributed by atoms with E-state index >= 15 is 4.39 Å². The number of halogens is 2. The van der Waals surface area contributed by atoms with Crippen molar-refractivity contribution in [3.05, 3.63) is 82.8 Å². The van der Waals surface area contributed by atoms with E-state index in [0.29, 0.717) is 61.3 Å². The molecule has 0 N–H and O–H groups in total. The van der Waals surface area contributed by atoms with Crippen molar-refractivity contribution in [1.82, 2.24) is 20.0 Å². The molecule has 39 heavy (non-hydrogen) atoms. The largest absolute Gasteiger partial charge is 0.497 e. The third-order valence-corrected chi connectivity index (χ3v) is 8.01. The smallest absolute Gasteiger partial charge is 0.228 e. The second-order valence-corrected chi connectivity index (χ2v) is 10.4. The van der Waals surface area contributed by atoms with Crippen LogP contribution in [0.4, 0.5) is 10.2 Å². The molecule has 1 unspecified atom stereocenters. The Morgan fingerprint density at radius 1 is 1.05 bits per heavy atom. The third-order valence-electron chi connectivity index (χ3n) is 7.76. The second-order valence-electron chi connectivity index (χ2n) is 9.98. The van der Waals surface area contributed by atoms with E-state index in [2.05, 4.69) is 10.2 Å². The minimum atomic E-state index is -0.493. The molecule has 0 radical (unpaired) electrons. The average molecular weight is 552 g/mol. The van der Waals surface area contributed by atoms with Crippen LogP contribution in [-0.2, 0) is 9.59 Å². The van der Waals surface area contributed by atoms with E-state index in [9.17, 15) is 9.59 Å². The summed E-state index contributed by atoms with van der Waals surface area (Å²) in [4.78, 5) is 32.3. The summed E-state index contributed by atoms with van der Waals surface area (Å²) >= 11 is 6.09. The van der Waals surface area contributed by atoms with E-state index < -0.39 is 11.7 Å². The Kier molecular flexibility index (Phi) is 7.97. The average Bonchev–Trinajstić information content (AvgIpc) is 3.26. The Labute approximate surface area is 232 Å². The highest BCUT2D eigenvalue weighted by atomic mass is 35.5. The quantitative estimate of drug-likeness (QED) is 0.470. The molecule has 8 nitrogen and oxygen atoms in total. The lowest BCUT2D eigenvalue weighted by Gasteiger charge is -2.29. The van der Waals surface area contributed by atoms with Crippen molar-refractivity contribution in [2.75, 3.05) is 44.7 Å². The summed E-state index contributed by atoms with van der Waals surface area (Å²) in [5, 5.41) is 8.84. The third kappa shape index (κ3) is 5.68. The fourth-order valence-electron chi connectivity index (χ4n) is 5.75. The Balaban J connectivity index is 1.42. The molecule has 0 spiro atoms. The van der Waals surface area contributed by atoms with Crippen molar-refractivity contribution in [3.63, 3.8) is 0 Å². The van der Waals surface area contributed by atoms with Crippen LogP contribution in [0.3, 0.4) is 0 Å². The topological polar surface area (TPSA) is 78.9 Å². The molecular weight excluding hydrogens is 521 g/mol. The molecule has 0 aliphatic carbocycles. The Morgan fingerprint density at radius 2 is 1.85 bits per heavy atom. The van der Waals surface area contributed by atoms with Crippen LogP contribution in [0.15, 0.2) is 60.8 Å². The fraction of sp³-hybridized carbons (Fsp3) is 0.379. The van der Waals surface area contributed by atoms with Crippen molar-refractivity contribution in [3.8, 4) is 5.75 Å². The van der Waals surface area contributed by atoms with Crippen LogP contribution in [0.1, 0.15) is 36.4 Å². The summed E-state index contributed by atoms with van der Waals surface area (Å²) in [5.74, 6) is -0.308. The van der Waals surface area contributed by atoms with E-state index in [-0.39, 0.29) is 23.8 Å². The van der Waals surface area contributed by atoms with E-state index in [1.807, 2.05) is 45.0 Å². The predicted molar refractivity (Wildman–Crippen MR) is 146 cm³/mol. The van der Waals surface area contributed by atoms with Crippen molar-refractivity contribution in [1.29, 1.82) is 0 Å². The molecule has 1 aromatic heterocycles. The molecule has 2 aromatic carbocycles. The van der Waals surface area contributed by atoms with Crippen molar-refractivity contribution >= 4 is 29.2 Å². The minimum absolute atomic E-state index is 0.0443. The van der Waals surface area contributed by atoms with Gasteiger partial charge in [-0.25, -0.2) is 4.39 Å². The lowest BCUT2D eigenvalue weighted by Crippen LogP contribution is -2.41. The van der Waals surface area contributed by atoms with Crippen LogP contribution in [0.2, 0.25) is 5.02 Å². The highest BCUT2D eigenvalue weighted by Crippen LogP contribution is 2.38. The Hall–Kier alpha value is -3.72. The molecular formula is C29H31ClFN5O3. The number of benzene rings is 2. The molecule has 0 bridgehead atoms. The van der Waals surface area contributed by atoms with Crippen LogP contribution in [0.5, 0.6) is 5.75 Å². The zero-order valence-corrected chi connectivity index (χ0v) is 22.7. The van der Waals surface area contributed by atoms with Gasteiger partial charge in [-0.1, -0.05) is 29.8 Å². The molecule has 2 fully saturated rings. The standard InChI is InChI=1S/C29H31ClFN5O3/c1-19(37)36-15-14-34(13-11-27(36)20-5-7-21(30)8-6-20)29(38)25-18-35(28-4-3-12-32-33-28)17-24(25)23-10-9-22(39-2)16-26(23)31/h3-10,12,16,24-25,27H,11,13-15,17-18H2,1-2H3/t24-,25+,27?/m0/s1. The first-order chi connectivity index (χ1) is 18.9. The highest BCUT2D eigenvalue weighted by Gasteiger charge is 2.43. The van der Waals surface area contributed by atoms with Crippen LogP contribution < -0.4 is 9.64 Å². The number of ether oxygens (including phenoxy) is 1. The zero-order valence-electron chi connectivity index (χ0n) is 22.0. The molecule has 2 aliphatic rings. The van der Waals surface area contributed by atoms with Gasteiger partial charge >= 0.3 is 0 Å².